The van der Waals surface area contributed by atoms with Gasteiger partial charge in [-0.05, 0) is 43.7 Å². The van der Waals surface area contributed by atoms with Crippen molar-refractivity contribution in [2.75, 3.05) is 24.5 Å². The molecule has 0 spiro atoms. The summed E-state index contributed by atoms with van der Waals surface area (Å²) in [6.45, 7) is 5.26. The zero-order valence-corrected chi connectivity index (χ0v) is 19.2. The SMILES string of the molecule is CC1CN(c2nc(=O)n(C)c3ccc(C#N)nc23)CCN1C(C)c1ccc(OC(F)(F)F)c(F)c1. The number of aryl methyl sites for hydroxylation is 1. The van der Waals surface area contributed by atoms with Crippen LogP contribution in [0.25, 0.3) is 11.0 Å². The summed E-state index contributed by atoms with van der Waals surface area (Å²) < 4.78 is 56.6. The number of hydrogen-bond donors (Lipinski definition) is 0. The van der Waals surface area contributed by atoms with E-state index in [1.165, 1.54) is 16.7 Å². The summed E-state index contributed by atoms with van der Waals surface area (Å²) >= 11 is 0. The molecule has 0 bridgehead atoms. The van der Waals surface area contributed by atoms with Crippen molar-refractivity contribution >= 4 is 16.9 Å². The second-order valence-electron chi connectivity index (χ2n) is 8.40. The minimum absolute atomic E-state index is 0.0760. The highest BCUT2D eigenvalue weighted by atomic mass is 19.4. The van der Waals surface area contributed by atoms with Crippen molar-refractivity contribution in [2.45, 2.75) is 32.3 Å². The highest BCUT2D eigenvalue weighted by Gasteiger charge is 2.33. The van der Waals surface area contributed by atoms with Crippen molar-refractivity contribution in [1.29, 1.82) is 5.26 Å². The number of halogens is 4. The van der Waals surface area contributed by atoms with E-state index in [1.54, 1.807) is 13.1 Å². The number of aromatic nitrogens is 3. The summed E-state index contributed by atoms with van der Waals surface area (Å²) in [6, 6.07) is 8.27. The van der Waals surface area contributed by atoms with Crippen molar-refractivity contribution in [3.8, 4) is 11.8 Å². The van der Waals surface area contributed by atoms with Gasteiger partial charge in [0.2, 0.25) is 0 Å². The predicted molar refractivity (Wildman–Crippen MR) is 119 cm³/mol. The van der Waals surface area contributed by atoms with E-state index in [4.69, 9.17) is 0 Å². The number of pyridine rings is 1. The Morgan fingerprint density at radius 3 is 2.57 bits per heavy atom. The number of piperazine rings is 1. The van der Waals surface area contributed by atoms with Crippen molar-refractivity contribution < 1.29 is 22.3 Å². The van der Waals surface area contributed by atoms with Gasteiger partial charge < -0.3 is 9.64 Å². The number of fused-ring (bicyclic) bond motifs is 1. The summed E-state index contributed by atoms with van der Waals surface area (Å²) in [6.07, 6.45) is -4.97. The lowest BCUT2D eigenvalue weighted by atomic mass is 10.0. The maximum Gasteiger partial charge on any atom is 0.573 e. The zero-order chi connectivity index (χ0) is 25.5. The van der Waals surface area contributed by atoms with Crippen LogP contribution in [0.4, 0.5) is 23.4 Å². The van der Waals surface area contributed by atoms with E-state index in [0.29, 0.717) is 42.0 Å². The number of rotatable bonds is 4. The van der Waals surface area contributed by atoms with E-state index in [0.717, 1.165) is 12.1 Å². The van der Waals surface area contributed by atoms with Crippen molar-refractivity contribution in [3.63, 3.8) is 0 Å². The lowest BCUT2D eigenvalue weighted by molar-refractivity contribution is -0.275. The Morgan fingerprint density at radius 2 is 1.94 bits per heavy atom. The molecule has 1 aromatic carbocycles. The molecular formula is C23H22F4N6O2. The van der Waals surface area contributed by atoms with Gasteiger partial charge in [-0.2, -0.15) is 10.2 Å². The van der Waals surface area contributed by atoms with Crippen molar-refractivity contribution in [3.05, 3.63) is 57.9 Å². The summed E-state index contributed by atoms with van der Waals surface area (Å²) in [5.41, 5.74) is 1.27. The van der Waals surface area contributed by atoms with Gasteiger partial charge >= 0.3 is 12.1 Å². The lowest BCUT2D eigenvalue weighted by Crippen LogP contribution is -2.53. The Balaban J connectivity index is 1.57. The topological polar surface area (TPSA) is 87.3 Å². The van der Waals surface area contributed by atoms with Gasteiger partial charge in [0, 0.05) is 38.8 Å². The fraction of sp³-hybridized carbons (Fsp3) is 0.391. The maximum absolute atomic E-state index is 14.2. The molecule has 1 aliphatic rings. The largest absolute Gasteiger partial charge is 0.573 e. The van der Waals surface area contributed by atoms with Crippen LogP contribution in [0.15, 0.2) is 35.1 Å². The van der Waals surface area contributed by atoms with E-state index < -0.39 is 23.6 Å². The first kappa shape index (κ1) is 24.4. The number of alkyl halides is 3. The van der Waals surface area contributed by atoms with Crippen molar-refractivity contribution in [2.24, 2.45) is 7.05 Å². The smallest absolute Gasteiger partial charge is 0.403 e. The van der Waals surface area contributed by atoms with Crippen LogP contribution in [0.1, 0.15) is 31.1 Å². The van der Waals surface area contributed by atoms with Crippen LogP contribution in [-0.4, -0.2) is 51.5 Å². The van der Waals surface area contributed by atoms with Gasteiger partial charge in [0.15, 0.2) is 17.4 Å². The summed E-state index contributed by atoms with van der Waals surface area (Å²) in [5, 5.41) is 9.25. The molecule has 184 valence electrons. The number of benzene rings is 1. The van der Waals surface area contributed by atoms with Crippen LogP contribution in [-0.2, 0) is 7.05 Å². The second kappa shape index (κ2) is 9.14. The van der Waals surface area contributed by atoms with Crippen LogP contribution < -0.4 is 15.3 Å². The molecule has 12 heteroatoms. The summed E-state index contributed by atoms with van der Waals surface area (Å²) in [5.74, 6) is -1.58. The summed E-state index contributed by atoms with van der Waals surface area (Å²) in [4.78, 5) is 25.0. The molecule has 2 atom stereocenters. The Kier molecular flexibility index (Phi) is 6.38. The molecule has 0 N–H and O–H groups in total. The first-order valence-corrected chi connectivity index (χ1v) is 10.8. The van der Waals surface area contributed by atoms with E-state index in [-0.39, 0.29) is 17.8 Å². The molecule has 1 saturated heterocycles. The summed E-state index contributed by atoms with van der Waals surface area (Å²) in [7, 11) is 1.58. The number of anilines is 1. The van der Waals surface area contributed by atoms with Gasteiger partial charge in [0.05, 0.1) is 5.52 Å². The van der Waals surface area contributed by atoms with Crippen molar-refractivity contribution in [1.82, 2.24) is 19.4 Å². The van der Waals surface area contributed by atoms with Crippen LogP contribution in [0.2, 0.25) is 0 Å². The molecule has 3 aromatic rings. The van der Waals surface area contributed by atoms with E-state index in [2.05, 4.69) is 19.6 Å². The third-order valence-corrected chi connectivity index (χ3v) is 6.19. The Bertz CT molecular complexity index is 1370. The average Bonchev–Trinajstić information content (AvgIpc) is 2.81. The molecule has 1 fully saturated rings. The molecule has 1 aliphatic heterocycles. The molecule has 8 nitrogen and oxygen atoms in total. The van der Waals surface area contributed by atoms with Crippen LogP contribution in [0.5, 0.6) is 5.75 Å². The molecule has 35 heavy (non-hydrogen) atoms. The Morgan fingerprint density at radius 1 is 1.20 bits per heavy atom. The second-order valence-corrected chi connectivity index (χ2v) is 8.40. The average molecular weight is 490 g/mol. The number of nitrogens with zero attached hydrogens (tertiary/aromatic N) is 6. The Labute approximate surface area is 198 Å². The minimum atomic E-state index is -4.97. The third kappa shape index (κ3) is 4.90. The maximum atomic E-state index is 14.2. The van der Waals surface area contributed by atoms with Gasteiger partial charge in [-0.25, -0.2) is 14.2 Å². The first-order chi connectivity index (χ1) is 16.5. The fourth-order valence-electron chi connectivity index (χ4n) is 4.41. The van der Waals surface area contributed by atoms with Crippen LogP contribution >= 0.6 is 0 Å². The van der Waals surface area contributed by atoms with Crippen LogP contribution in [0.3, 0.4) is 0 Å². The zero-order valence-electron chi connectivity index (χ0n) is 19.2. The number of hydrogen-bond acceptors (Lipinski definition) is 7. The molecule has 0 radical (unpaired) electrons. The minimum Gasteiger partial charge on any atom is -0.403 e. The Hall–Kier alpha value is -3.72. The molecule has 0 aliphatic carbocycles. The van der Waals surface area contributed by atoms with Gasteiger partial charge in [0.25, 0.3) is 0 Å². The fourth-order valence-corrected chi connectivity index (χ4v) is 4.41. The van der Waals surface area contributed by atoms with E-state index >= 15 is 0 Å². The van der Waals surface area contributed by atoms with Gasteiger partial charge in [-0.15, -0.1) is 13.2 Å². The third-order valence-electron chi connectivity index (χ3n) is 6.19. The highest BCUT2D eigenvalue weighted by molar-refractivity contribution is 5.86. The van der Waals surface area contributed by atoms with Gasteiger partial charge in [-0.1, -0.05) is 6.07 Å². The molecule has 0 saturated carbocycles. The number of nitriles is 1. The number of ether oxygens (including phenoxy) is 1. The lowest BCUT2D eigenvalue weighted by Gasteiger charge is -2.43. The molecule has 2 unspecified atom stereocenters. The standard InChI is InChI=1S/C23H22F4N6O2/c1-13-12-32(21-20-18(31(3)22(34)30-21)6-5-16(11-28)29-20)8-9-33(13)14(2)15-4-7-19(17(24)10-15)35-23(25,26)27/h4-7,10,13-14H,8-9,12H2,1-3H3. The molecule has 0 amide bonds. The monoisotopic (exact) mass is 490 g/mol. The van der Waals surface area contributed by atoms with Gasteiger partial charge in [-0.3, -0.25) is 9.47 Å². The quantitative estimate of drug-likeness (QED) is 0.518. The first-order valence-electron chi connectivity index (χ1n) is 10.8. The normalized spacial score (nSPS) is 17.9. The van der Waals surface area contributed by atoms with Crippen LogP contribution in [0, 0.1) is 17.1 Å². The van der Waals surface area contributed by atoms with E-state index in [9.17, 15) is 27.6 Å². The molecule has 3 heterocycles. The highest BCUT2D eigenvalue weighted by Crippen LogP contribution is 2.32. The molecule has 4 rings (SSSR count). The molecular weight excluding hydrogens is 468 g/mol. The van der Waals surface area contributed by atoms with E-state index in [1.807, 2.05) is 24.8 Å². The van der Waals surface area contributed by atoms with Gasteiger partial charge in [0.1, 0.15) is 17.3 Å². The predicted octanol–water partition coefficient (Wildman–Crippen LogP) is 3.51. The molecule has 2 aromatic heterocycles.